The van der Waals surface area contributed by atoms with Crippen LogP contribution in [0.15, 0.2) is 12.3 Å². The highest BCUT2D eigenvalue weighted by atomic mass is 35.5. The summed E-state index contributed by atoms with van der Waals surface area (Å²) in [6.45, 7) is 6.67. The molecule has 2 heteroatoms. The first-order valence-corrected chi connectivity index (χ1v) is 5.71. The van der Waals surface area contributed by atoms with Crippen LogP contribution in [0, 0.1) is 0 Å². The van der Waals surface area contributed by atoms with Gasteiger partial charge in [-0.3, -0.25) is 0 Å². The maximum atomic E-state index is 5.51. The Bertz CT molecular complexity index is 123. The van der Waals surface area contributed by atoms with Gasteiger partial charge >= 0.3 is 0 Å². The van der Waals surface area contributed by atoms with Gasteiger partial charge in [-0.2, -0.15) is 0 Å². The van der Waals surface area contributed by atoms with Crippen molar-refractivity contribution in [3.05, 3.63) is 12.3 Å². The predicted octanol–water partition coefficient (Wildman–Crippen LogP) is 4.12. The summed E-state index contributed by atoms with van der Waals surface area (Å²) in [4.78, 5) is 0. The van der Waals surface area contributed by atoms with Gasteiger partial charge in [-0.25, -0.2) is 0 Å². The van der Waals surface area contributed by atoms with Crippen molar-refractivity contribution in [1.82, 2.24) is 0 Å². The summed E-state index contributed by atoms with van der Waals surface area (Å²) in [6.07, 6.45) is 7.72. The first kappa shape index (κ1) is 12.8. The number of rotatable bonds is 9. The fourth-order valence-electron chi connectivity index (χ4n) is 1.14. The molecule has 0 saturated heterocycles. The van der Waals surface area contributed by atoms with E-state index in [1.54, 1.807) is 0 Å². The van der Waals surface area contributed by atoms with Crippen molar-refractivity contribution in [2.75, 3.05) is 12.5 Å². The molecule has 0 saturated carbocycles. The molecule has 0 aliphatic carbocycles. The molecule has 0 rings (SSSR count). The van der Waals surface area contributed by atoms with Crippen molar-refractivity contribution in [2.24, 2.45) is 0 Å². The number of allylic oxidation sites excluding steroid dienone is 1. The van der Waals surface area contributed by atoms with Gasteiger partial charge in [-0.1, -0.05) is 45.6 Å². The van der Waals surface area contributed by atoms with Crippen LogP contribution in [0.5, 0.6) is 0 Å². The molecule has 0 unspecified atom stereocenters. The summed E-state index contributed by atoms with van der Waals surface area (Å²) in [5.41, 5.74) is 0. The van der Waals surface area contributed by atoms with E-state index in [9.17, 15) is 0 Å². The molecule has 0 aromatic heterocycles. The molecule has 0 aromatic rings. The lowest BCUT2D eigenvalue weighted by molar-refractivity contribution is 0.209. The van der Waals surface area contributed by atoms with Crippen molar-refractivity contribution >= 4 is 11.6 Å². The van der Waals surface area contributed by atoms with E-state index in [1.165, 1.54) is 32.1 Å². The van der Waals surface area contributed by atoms with Crippen LogP contribution in [0.1, 0.15) is 45.4 Å². The quantitative estimate of drug-likeness (QED) is 0.312. The molecule has 1 nitrogen and oxygen atoms in total. The monoisotopic (exact) mass is 204 g/mol. The molecule has 0 fully saturated rings. The molecule has 0 radical (unpaired) electrons. The van der Waals surface area contributed by atoms with E-state index in [1.807, 2.05) is 0 Å². The van der Waals surface area contributed by atoms with E-state index in [2.05, 4.69) is 13.5 Å². The van der Waals surface area contributed by atoms with Gasteiger partial charge in [0, 0.05) is 0 Å². The van der Waals surface area contributed by atoms with Gasteiger partial charge < -0.3 is 4.74 Å². The highest BCUT2D eigenvalue weighted by Gasteiger charge is 1.92. The number of alkyl halides is 1. The second kappa shape index (κ2) is 9.91. The number of halogens is 1. The van der Waals surface area contributed by atoms with Gasteiger partial charge in [0.05, 0.1) is 12.5 Å². The van der Waals surface area contributed by atoms with E-state index in [0.717, 1.165) is 13.0 Å². The molecule has 0 spiro atoms. The molecule has 0 aliphatic rings. The maximum Gasteiger partial charge on any atom is 0.104 e. The topological polar surface area (TPSA) is 9.23 Å². The summed E-state index contributed by atoms with van der Waals surface area (Å²) < 4.78 is 5.27. The molecule has 0 aliphatic heterocycles. The molecular formula is C11H21ClO. The lowest BCUT2D eigenvalue weighted by atomic mass is 10.1. The van der Waals surface area contributed by atoms with Crippen molar-refractivity contribution in [1.29, 1.82) is 0 Å². The lowest BCUT2D eigenvalue weighted by Crippen LogP contribution is -1.95. The molecule has 0 atom stereocenters. The molecule has 0 N–H and O–H groups in total. The highest BCUT2D eigenvalue weighted by Crippen LogP contribution is 2.06. The standard InChI is InChI=1S/C11H21ClO/c1-3-4-5-6-7-8-9-13-11(2)10-12/h2-10H2,1H3. The zero-order chi connectivity index (χ0) is 9.94. The van der Waals surface area contributed by atoms with E-state index >= 15 is 0 Å². The van der Waals surface area contributed by atoms with Crippen molar-refractivity contribution in [3.63, 3.8) is 0 Å². The number of hydrogen-bond acceptors (Lipinski definition) is 1. The number of unbranched alkanes of at least 4 members (excludes halogenated alkanes) is 5. The minimum absolute atomic E-state index is 0.413. The van der Waals surface area contributed by atoms with Crippen LogP contribution < -0.4 is 0 Å². The highest BCUT2D eigenvalue weighted by molar-refractivity contribution is 6.19. The second-order valence-corrected chi connectivity index (χ2v) is 3.56. The van der Waals surface area contributed by atoms with Gasteiger partial charge in [-0.15, -0.1) is 11.6 Å². The summed E-state index contributed by atoms with van der Waals surface area (Å²) >= 11 is 5.51. The van der Waals surface area contributed by atoms with Crippen LogP contribution in [0.3, 0.4) is 0 Å². The fraction of sp³-hybridized carbons (Fsp3) is 0.818. The lowest BCUT2D eigenvalue weighted by Gasteiger charge is -2.05. The van der Waals surface area contributed by atoms with Crippen LogP contribution >= 0.6 is 11.6 Å². The van der Waals surface area contributed by atoms with E-state index in [-0.39, 0.29) is 0 Å². The Labute approximate surface area is 87.1 Å². The molecular weight excluding hydrogens is 184 g/mol. The third-order valence-electron chi connectivity index (χ3n) is 1.95. The molecule has 78 valence electrons. The largest absolute Gasteiger partial charge is 0.497 e. The molecule has 0 heterocycles. The summed E-state index contributed by atoms with van der Waals surface area (Å²) in [6, 6.07) is 0. The summed E-state index contributed by atoms with van der Waals surface area (Å²) in [5, 5.41) is 0. The fourth-order valence-corrected chi connectivity index (χ4v) is 1.21. The van der Waals surface area contributed by atoms with Gasteiger partial charge in [0.25, 0.3) is 0 Å². The van der Waals surface area contributed by atoms with Gasteiger partial charge in [0.2, 0.25) is 0 Å². The van der Waals surface area contributed by atoms with E-state index < -0.39 is 0 Å². The van der Waals surface area contributed by atoms with Gasteiger partial charge in [0.1, 0.15) is 5.76 Å². The Morgan fingerprint density at radius 3 is 2.38 bits per heavy atom. The third kappa shape index (κ3) is 9.75. The van der Waals surface area contributed by atoms with Crippen molar-refractivity contribution in [2.45, 2.75) is 45.4 Å². The minimum atomic E-state index is 0.413. The molecule has 13 heavy (non-hydrogen) atoms. The SMILES string of the molecule is C=C(CCl)OCCCCCCCC. The smallest absolute Gasteiger partial charge is 0.104 e. The Hall–Kier alpha value is -0.170. The maximum absolute atomic E-state index is 5.51. The van der Waals surface area contributed by atoms with Crippen LogP contribution in [0.2, 0.25) is 0 Å². The molecule has 0 aromatic carbocycles. The van der Waals surface area contributed by atoms with E-state index in [0.29, 0.717) is 11.6 Å². The van der Waals surface area contributed by atoms with Crippen LogP contribution in [-0.4, -0.2) is 12.5 Å². The second-order valence-electron chi connectivity index (χ2n) is 3.29. The Kier molecular flexibility index (Phi) is 9.78. The number of ether oxygens (including phenoxy) is 1. The van der Waals surface area contributed by atoms with Crippen molar-refractivity contribution < 1.29 is 4.74 Å². The van der Waals surface area contributed by atoms with Crippen LogP contribution in [-0.2, 0) is 4.74 Å². The van der Waals surface area contributed by atoms with Gasteiger partial charge in [0.15, 0.2) is 0 Å². The molecule has 0 amide bonds. The van der Waals surface area contributed by atoms with E-state index in [4.69, 9.17) is 16.3 Å². The van der Waals surface area contributed by atoms with Gasteiger partial charge in [-0.05, 0) is 6.42 Å². The average Bonchev–Trinajstić information content (AvgIpc) is 2.16. The van der Waals surface area contributed by atoms with Crippen molar-refractivity contribution in [3.8, 4) is 0 Å². The summed E-state index contributed by atoms with van der Waals surface area (Å²) in [7, 11) is 0. The first-order valence-electron chi connectivity index (χ1n) is 5.17. The Morgan fingerprint density at radius 1 is 1.15 bits per heavy atom. The van der Waals surface area contributed by atoms with Crippen LogP contribution in [0.25, 0.3) is 0 Å². The number of hydrogen-bond donors (Lipinski definition) is 0. The zero-order valence-corrected chi connectivity index (χ0v) is 9.41. The predicted molar refractivity (Wildman–Crippen MR) is 59.2 cm³/mol. The van der Waals surface area contributed by atoms with Crippen LogP contribution in [0.4, 0.5) is 0 Å². The third-order valence-corrected chi connectivity index (χ3v) is 2.25. The normalized spacial score (nSPS) is 10.0. The first-order chi connectivity index (χ1) is 6.31. The minimum Gasteiger partial charge on any atom is -0.497 e. The Balaban J connectivity index is 2.95. The Morgan fingerprint density at radius 2 is 1.77 bits per heavy atom. The zero-order valence-electron chi connectivity index (χ0n) is 8.65. The summed E-state index contributed by atoms with van der Waals surface area (Å²) in [5.74, 6) is 1.10. The molecule has 0 bridgehead atoms. The average molecular weight is 205 g/mol.